The van der Waals surface area contributed by atoms with E-state index in [4.69, 9.17) is 10.5 Å². The summed E-state index contributed by atoms with van der Waals surface area (Å²) in [5.41, 5.74) is 8.19. The van der Waals surface area contributed by atoms with Gasteiger partial charge in [0, 0.05) is 18.9 Å². The fourth-order valence-corrected chi connectivity index (χ4v) is 3.47. The number of anilines is 2. The van der Waals surface area contributed by atoms with Crippen LogP contribution in [-0.2, 0) is 4.74 Å². The van der Waals surface area contributed by atoms with Crippen LogP contribution in [0.2, 0.25) is 0 Å². The largest absolute Gasteiger partial charge is 0.382 e. The van der Waals surface area contributed by atoms with Crippen LogP contribution >= 0.6 is 11.5 Å². The number of nitrogens with two attached hydrogens (primary N) is 1. The fraction of sp³-hybridized carbons (Fsp3) is 0.429. The summed E-state index contributed by atoms with van der Waals surface area (Å²) >= 11 is 1.47. The standard InChI is InChI=1S/C14H18N4OS/c1-2-11-9-19-8-7-18(11)14-12(13(15)17-20-14)10-3-5-16-6-4-10/h3-6,11H,2,7-9H2,1H3,(H2,15,17). The van der Waals surface area contributed by atoms with Gasteiger partial charge in [0.15, 0.2) is 0 Å². The molecule has 2 N–H and O–H groups in total. The molecule has 0 saturated carbocycles. The molecule has 3 rings (SSSR count). The topological polar surface area (TPSA) is 64.3 Å². The average Bonchev–Trinajstić information content (AvgIpc) is 2.89. The molecule has 0 bridgehead atoms. The Labute approximate surface area is 122 Å². The molecular weight excluding hydrogens is 272 g/mol. The summed E-state index contributed by atoms with van der Waals surface area (Å²) < 4.78 is 9.93. The molecule has 1 unspecified atom stereocenters. The van der Waals surface area contributed by atoms with Gasteiger partial charge in [-0.3, -0.25) is 4.98 Å². The van der Waals surface area contributed by atoms with E-state index in [1.165, 1.54) is 11.5 Å². The summed E-state index contributed by atoms with van der Waals surface area (Å²) in [6.07, 6.45) is 4.62. The van der Waals surface area contributed by atoms with E-state index in [0.717, 1.165) is 42.3 Å². The number of hydrogen-bond acceptors (Lipinski definition) is 6. The van der Waals surface area contributed by atoms with Crippen molar-refractivity contribution in [1.82, 2.24) is 9.36 Å². The zero-order valence-electron chi connectivity index (χ0n) is 11.5. The molecule has 1 atom stereocenters. The van der Waals surface area contributed by atoms with Crippen molar-refractivity contribution in [2.24, 2.45) is 0 Å². The van der Waals surface area contributed by atoms with Crippen LogP contribution in [-0.4, -0.2) is 35.2 Å². The molecule has 1 saturated heterocycles. The van der Waals surface area contributed by atoms with E-state index in [-0.39, 0.29) is 0 Å². The van der Waals surface area contributed by atoms with Gasteiger partial charge in [-0.1, -0.05) is 6.92 Å². The normalized spacial score (nSPS) is 19.2. The first-order valence-electron chi connectivity index (χ1n) is 6.81. The highest BCUT2D eigenvalue weighted by Gasteiger charge is 2.27. The molecule has 1 fully saturated rings. The van der Waals surface area contributed by atoms with E-state index in [1.807, 2.05) is 12.1 Å². The summed E-state index contributed by atoms with van der Waals surface area (Å²) in [7, 11) is 0. The minimum atomic E-state index is 0.393. The second kappa shape index (κ2) is 5.76. The molecule has 0 spiro atoms. The first kappa shape index (κ1) is 13.3. The van der Waals surface area contributed by atoms with E-state index in [9.17, 15) is 0 Å². The smallest absolute Gasteiger partial charge is 0.147 e. The Morgan fingerprint density at radius 1 is 1.45 bits per heavy atom. The van der Waals surface area contributed by atoms with Gasteiger partial charge in [0.25, 0.3) is 0 Å². The highest BCUT2D eigenvalue weighted by molar-refractivity contribution is 7.11. The first-order chi connectivity index (χ1) is 9.81. The Kier molecular flexibility index (Phi) is 3.84. The minimum Gasteiger partial charge on any atom is -0.382 e. The van der Waals surface area contributed by atoms with Gasteiger partial charge in [-0.15, -0.1) is 0 Å². The second-order valence-electron chi connectivity index (χ2n) is 4.81. The summed E-state index contributed by atoms with van der Waals surface area (Å²) in [4.78, 5) is 6.45. The van der Waals surface area contributed by atoms with Crippen molar-refractivity contribution in [2.45, 2.75) is 19.4 Å². The maximum absolute atomic E-state index is 6.09. The quantitative estimate of drug-likeness (QED) is 0.940. The number of aromatic nitrogens is 2. The van der Waals surface area contributed by atoms with Crippen molar-refractivity contribution in [2.75, 3.05) is 30.4 Å². The monoisotopic (exact) mass is 290 g/mol. The Morgan fingerprint density at radius 3 is 3.00 bits per heavy atom. The van der Waals surface area contributed by atoms with E-state index >= 15 is 0 Å². The predicted octanol–water partition coefficient (Wildman–Crippen LogP) is 2.40. The number of rotatable bonds is 3. The maximum Gasteiger partial charge on any atom is 0.147 e. The molecule has 3 heterocycles. The molecule has 106 valence electrons. The molecule has 0 radical (unpaired) electrons. The number of morpholine rings is 1. The maximum atomic E-state index is 6.09. The van der Waals surface area contributed by atoms with Crippen LogP contribution in [0.3, 0.4) is 0 Å². The van der Waals surface area contributed by atoms with E-state index in [2.05, 4.69) is 21.2 Å². The molecule has 2 aromatic heterocycles. The predicted molar refractivity (Wildman–Crippen MR) is 82.0 cm³/mol. The molecule has 0 aromatic carbocycles. The van der Waals surface area contributed by atoms with Crippen LogP contribution in [0.15, 0.2) is 24.5 Å². The van der Waals surface area contributed by atoms with Crippen molar-refractivity contribution in [3.8, 4) is 11.1 Å². The van der Waals surface area contributed by atoms with Crippen LogP contribution in [0.1, 0.15) is 13.3 Å². The van der Waals surface area contributed by atoms with Crippen molar-refractivity contribution in [3.05, 3.63) is 24.5 Å². The molecule has 0 aliphatic carbocycles. The SMILES string of the molecule is CCC1COCCN1c1snc(N)c1-c1ccncc1. The lowest BCUT2D eigenvalue weighted by molar-refractivity contribution is 0.0934. The lowest BCUT2D eigenvalue weighted by Gasteiger charge is -2.36. The molecule has 0 amide bonds. The Bertz CT molecular complexity index is 572. The van der Waals surface area contributed by atoms with Gasteiger partial charge in [-0.25, -0.2) is 0 Å². The van der Waals surface area contributed by atoms with Gasteiger partial charge in [-0.2, -0.15) is 4.37 Å². The van der Waals surface area contributed by atoms with Crippen molar-refractivity contribution in [3.63, 3.8) is 0 Å². The third kappa shape index (κ3) is 2.36. The Morgan fingerprint density at radius 2 is 2.25 bits per heavy atom. The number of hydrogen-bond donors (Lipinski definition) is 1. The van der Waals surface area contributed by atoms with Crippen LogP contribution in [0.25, 0.3) is 11.1 Å². The minimum absolute atomic E-state index is 0.393. The molecule has 1 aliphatic heterocycles. The molecular formula is C14H18N4OS. The highest BCUT2D eigenvalue weighted by Crippen LogP contribution is 2.40. The summed E-state index contributed by atoms with van der Waals surface area (Å²) in [6.45, 7) is 4.59. The van der Waals surface area contributed by atoms with Gasteiger partial charge in [-0.05, 0) is 35.6 Å². The van der Waals surface area contributed by atoms with E-state index in [0.29, 0.717) is 11.9 Å². The van der Waals surface area contributed by atoms with Gasteiger partial charge >= 0.3 is 0 Å². The zero-order valence-corrected chi connectivity index (χ0v) is 12.3. The van der Waals surface area contributed by atoms with E-state index < -0.39 is 0 Å². The molecule has 5 nitrogen and oxygen atoms in total. The highest BCUT2D eigenvalue weighted by atomic mass is 32.1. The second-order valence-corrected chi connectivity index (χ2v) is 5.57. The Balaban J connectivity index is 2.02. The van der Waals surface area contributed by atoms with Crippen molar-refractivity contribution >= 4 is 22.4 Å². The average molecular weight is 290 g/mol. The third-order valence-corrected chi connectivity index (χ3v) is 4.53. The molecule has 2 aromatic rings. The van der Waals surface area contributed by atoms with Crippen molar-refractivity contribution < 1.29 is 4.74 Å². The van der Waals surface area contributed by atoms with Crippen LogP contribution in [0.4, 0.5) is 10.8 Å². The van der Waals surface area contributed by atoms with Gasteiger partial charge < -0.3 is 15.4 Å². The number of nitrogen functional groups attached to an aromatic ring is 1. The molecule has 1 aliphatic rings. The zero-order chi connectivity index (χ0) is 13.9. The summed E-state index contributed by atoms with van der Waals surface area (Å²) in [5, 5.41) is 1.14. The summed E-state index contributed by atoms with van der Waals surface area (Å²) in [5.74, 6) is 0.595. The van der Waals surface area contributed by atoms with Crippen molar-refractivity contribution in [1.29, 1.82) is 0 Å². The van der Waals surface area contributed by atoms with Gasteiger partial charge in [0.2, 0.25) is 0 Å². The molecule has 6 heteroatoms. The van der Waals surface area contributed by atoms with Gasteiger partial charge in [0.1, 0.15) is 10.8 Å². The van der Waals surface area contributed by atoms with Gasteiger partial charge in [0.05, 0.1) is 24.8 Å². The van der Waals surface area contributed by atoms with Crippen LogP contribution in [0, 0.1) is 0 Å². The fourth-order valence-electron chi connectivity index (χ4n) is 2.54. The van der Waals surface area contributed by atoms with Crippen LogP contribution < -0.4 is 10.6 Å². The Hall–Kier alpha value is -1.66. The lowest BCUT2D eigenvalue weighted by atomic mass is 10.1. The first-order valence-corrected chi connectivity index (χ1v) is 7.58. The lowest BCUT2D eigenvalue weighted by Crippen LogP contribution is -2.45. The van der Waals surface area contributed by atoms with Crippen LogP contribution in [0.5, 0.6) is 0 Å². The number of nitrogens with zero attached hydrogens (tertiary/aromatic N) is 3. The van der Waals surface area contributed by atoms with E-state index in [1.54, 1.807) is 12.4 Å². The molecule has 20 heavy (non-hydrogen) atoms. The number of ether oxygens (including phenoxy) is 1. The number of pyridine rings is 1. The summed E-state index contributed by atoms with van der Waals surface area (Å²) in [6, 6.07) is 4.35. The third-order valence-electron chi connectivity index (χ3n) is 3.63.